The summed E-state index contributed by atoms with van der Waals surface area (Å²) in [5.74, 6) is 1.02. The van der Waals surface area contributed by atoms with Crippen LogP contribution in [0.2, 0.25) is 0 Å². The van der Waals surface area contributed by atoms with Crippen LogP contribution in [0.25, 0.3) is 11.0 Å². The van der Waals surface area contributed by atoms with Crippen LogP contribution in [-0.4, -0.2) is 49.3 Å². The molecular formula is C20H21N5O. The molecule has 1 aliphatic carbocycles. The molecule has 3 heterocycles. The molecule has 132 valence electrons. The van der Waals surface area contributed by atoms with Crippen molar-refractivity contribution in [2.75, 3.05) is 13.1 Å². The van der Waals surface area contributed by atoms with Gasteiger partial charge in [0.15, 0.2) is 0 Å². The lowest BCUT2D eigenvalue weighted by molar-refractivity contribution is 0.103. The summed E-state index contributed by atoms with van der Waals surface area (Å²) in [7, 11) is 0. The second kappa shape index (κ2) is 6.29. The number of rotatable bonds is 3. The Morgan fingerprint density at radius 1 is 1.12 bits per heavy atom. The molecule has 1 fully saturated rings. The van der Waals surface area contributed by atoms with Gasteiger partial charge in [-0.25, -0.2) is 9.97 Å². The maximum absolute atomic E-state index is 12.6. The molecular weight excluding hydrogens is 326 g/mol. The zero-order valence-electron chi connectivity index (χ0n) is 14.6. The first kappa shape index (κ1) is 15.6. The predicted octanol–water partition coefficient (Wildman–Crippen LogP) is 2.47. The third-order valence-electron chi connectivity index (χ3n) is 5.71. The van der Waals surface area contributed by atoms with E-state index >= 15 is 0 Å². The number of imidazole rings is 1. The summed E-state index contributed by atoms with van der Waals surface area (Å²) >= 11 is 0. The van der Waals surface area contributed by atoms with Gasteiger partial charge in [0.05, 0.1) is 17.2 Å². The Morgan fingerprint density at radius 2 is 2.04 bits per heavy atom. The van der Waals surface area contributed by atoms with Crippen molar-refractivity contribution in [1.29, 1.82) is 0 Å². The topological polar surface area (TPSA) is 63.9 Å². The van der Waals surface area contributed by atoms with Crippen molar-refractivity contribution < 1.29 is 4.79 Å². The average Bonchev–Trinajstić information content (AvgIpc) is 2.86. The zero-order chi connectivity index (χ0) is 17.5. The molecule has 0 unspecified atom stereocenters. The van der Waals surface area contributed by atoms with Crippen molar-refractivity contribution >= 4 is 16.8 Å². The van der Waals surface area contributed by atoms with Gasteiger partial charge in [-0.15, -0.1) is 0 Å². The molecule has 0 bridgehead atoms. The molecule has 26 heavy (non-hydrogen) atoms. The highest BCUT2D eigenvalue weighted by Crippen LogP contribution is 2.27. The summed E-state index contributed by atoms with van der Waals surface area (Å²) < 4.78 is 2.32. The summed E-state index contributed by atoms with van der Waals surface area (Å²) in [4.78, 5) is 28.1. The first-order chi connectivity index (χ1) is 12.8. The van der Waals surface area contributed by atoms with E-state index in [1.807, 2.05) is 18.2 Å². The van der Waals surface area contributed by atoms with E-state index in [-0.39, 0.29) is 5.78 Å². The van der Waals surface area contributed by atoms with Crippen molar-refractivity contribution in [3.63, 3.8) is 0 Å². The summed E-state index contributed by atoms with van der Waals surface area (Å²) in [5, 5.41) is 0. The highest BCUT2D eigenvalue weighted by molar-refractivity contribution is 6.08. The van der Waals surface area contributed by atoms with E-state index < -0.39 is 0 Å². The number of aromatic nitrogens is 4. The Balaban J connectivity index is 1.44. The van der Waals surface area contributed by atoms with Crippen molar-refractivity contribution in [2.45, 2.75) is 38.3 Å². The minimum Gasteiger partial charge on any atom is -0.327 e. The zero-order valence-corrected chi connectivity index (χ0v) is 14.6. The van der Waals surface area contributed by atoms with E-state index in [0.29, 0.717) is 11.3 Å². The van der Waals surface area contributed by atoms with Crippen LogP contribution in [0.15, 0.2) is 36.8 Å². The third kappa shape index (κ3) is 2.61. The van der Waals surface area contributed by atoms with Gasteiger partial charge in [-0.2, -0.15) is 0 Å². The quantitative estimate of drug-likeness (QED) is 0.681. The monoisotopic (exact) mass is 347 g/mol. The standard InChI is InChI=1S/C20H21N5O/c26-20(17-13-21-7-8-22-17)14-4-5-18-16(12-14)23-19-6-9-24(10-11-25(18)19)15-2-1-3-15/h4-5,7-8,12-13,15H,1-3,6,9-11H2. The Labute approximate surface area is 151 Å². The molecule has 5 rings (SSSR count). The van der Waals surface area contributed by atoms with Crippen molar-refractivity contribution in [3.8, 4) is 0 Å². The molecule has 0 amide bonds. The van der Waals surface area contributed by atoms with Gasteiger partial charge in [0, 0.05) is 50.1 Å². The lowest BCUT2D eigenvalue weighted by atomic mass is 9.91. The maximum atomic E-state index is 12.6. The fourth-order valence-corrected chi connectivity index (χ4v) is 4.03. The number of hydrogen-bond acceptors (Lipinski definition) is 5. The number of benzene rings is 1. The number of ketones is 1. The van der Waals surface area contributed by atoms with E-state index in [0.717, 1.165) is 49.0 Å². The molecule has 0 saturated heterocycles. The second-order valence-electron chi connectivity index (χ2n) is 7.17. The van der Waals surface area contributed by atoms with Gasteiger partial charge < -0.3 is 4.57 Å². The summed E-state index contributed by atoms with van der Waals surface area (Å²) in [6.07, 6.45) is 9.64. The number of hydrogen-bond donors (Lipinski definition) is 0. The molecule has 1 aliphatic heterocycles. The Hall–Kier alpha value is -2.60. The molecule has 0 spiro atoms. The highest BCUT2D eigenvalue weighted by atomic mass is 16.1. The van der Waals surface area contributed by atoms with Crippen molar-refractivity contribution in [1.82, 2.24) is 24.4 Å². The smallest absolute Gasteiger partial charge is 0.213 e. The molecule has 6 heteroatoms. The van der Waals surface area contributed by atoms with Gasteiger partial charge in [-0.1, -0.05) is 6.42 Å². The summed E-state index contributed by atoms with van der Waals surface area (Å²) in [6.45, 7) is 3.14. The molecule has 0 N–H and O–H groups in total. The second-order valence-corrected chi connectivity index (χ2v) is 7.17. The minimum absolute atomic E-state index is 0.112. The number of fused-ring (bicyclic) bond motifs is 3. The maximum Gasteiger partial charge on any atom is 0.213 e. The normalized spacial score (nSPS) is 18.3. The fourth-order valence-electron chi connectivity index (χ4n) is 4.03. The predicted molar refractivity (Wildman–Crippen MR) is 98.1 cm³/mol. The molecule has 2 aromatic heterocycles. The molecule has 1 saturated carbocycles. The number of carbonyl (C=O) groups excluding carboxylic acids is 1. The lowest BCUT2D eigenvalue weighted by Gasteiger charge is -2.36. The molecule has 3 aromatic rings. The Kier molecular flexibility index (Phi) is 3.78. The lowest BCUT2D eigenvalue weighted by Crippen LogP contribution is -2.41. The van der Waals surface area contributed by atoms with Gasteiger partial charge >= 0.3 is 0 Å². The van der Waals surface area contributed by atoms with Crippen LogP contribution in [0.1, 0.15) is 41.1 Å². The average molecular weight is 347 g/mol. The van der Waals surface area contributed by atoms with Crippen molar-refractivity contribution in [3.05, 3.63) is 53.9 Å². The van der Waals surface area contributed by atoms with Gasteiger partial charge in [0.1, 0.15) is 11.5 Å². The van der Waals surface area contributed by atoms with Crippen LogP contribution in [-0.2, 0) is 13.0 Å². The van der Waals surface area contributed by atoms with E-state index in [1.54, 1.807) is 12.4 Å². The van der Waals surface area contributed by atoms with Gasteiger partial charge in [-0.05, 0) is 31.0 Å². The van der Waals surface area contributed by atoms with Gasteiger partial charge in [0.25, 0.3) is 0 Å². The summed E-state index contributed by atoms with van der Waals surface area (Å²) in [5.41, 5.74) is 2.99. The molecule has 0 radical (unpaired) electrons. The van der Waals surface area contributed by atoms with Crippen LogP contribution in [0.3, 0.4) is 0 Å². The van der Waals surface area contributed by atoms with Crippen molar-refractivity contribution in [2.24, 2.45) is 0 Å². The van der Waals surface area contributed by atoms with Crippen LogP contribution >= 0.6 is 0 Å². The molecule has 1 aromatic carbocycles. The van der Waals surface area contributed by atoms with Crippen LogP contribution in [0.4, 0.5) is 0 Å². The van der Waals surface area contributed by atoms with Gasteiger partial charge in [0.2, 0.25) is 5.78 Å². The largest absolute Gasteiger partial charge is 0.327 e. The molecule has 0 atom stereocenters. The van der Waals surface area contributed by atoms with Crippen LogP contribution < -0.4 is 0 Å². The number of nitrogens with zero attached hydrogens (tertiary/aromatic N) is 5. The van der Waals surface area contributed by atoms with E-state index in [1.165, 1.54) is 25.5 Å². The van der Waals surface area contributed by atoms with Crippen LogP contribution in [0, 0.1) is 0 Å². The van der Waals surface area contributed by atoms with E-state index in [2.05, 4.69) is 19.4 Å². The Morgan fingerprint density at radius 3 is 2.81 bits per heavy atom. The van der Waals surface area contributed by atoms with Crippen LogP contribution in [0.5, 0.6) is 0 Å². The summed E-state index contributed by atoms with van der Waals surface area (Å²) in [6, 6.07) is 6.57. The van der Waals surface area contributed by atoms with E-state index in [9.17, 15) is 4.79 Å². The molecule has 2 aliphatic rings. The first-order valence-corrected chi connectivity index (χ1v) is 9.33. The minimum atomic E-state index is -0.112. The fraction of sp³-hybridized carbons (Fsp3) is 0.400. The van der Waals surface area contributed by atoms with E-state index in [4.69, 9.17) is 4.98 Å². The van der Waals surface area contributed by atoms with Gasteiger partial charge in [-0.3, -0.25) is 14.7 Å². The Bertz CT molecular complexity index is 961. The SMILES string of the molecule is O=C(c1ccc2c(c1)nc1n2CCN(C2CCC2)CC1)c1cnccn1. The third-order valence-corrected chi connectivity index (χ3v) is 5.71. The molecule has 6 nitrogen and oxygen atoms in total. The highest BCUT2D eigenvalue weighted by Gasteiger charge is 2.27. The first-order valence-electron chi connectivity index (χ1n) is 9.33. The number of carbonyl (C=O) groups is 1.